The minimum Gasteiger partial charge on any atom is -0.481 e. The maximum Gasteiger partial charge on any atom is 0.338 e. The zero-order chi connectivity index (χ0) is 29.5. The number of esters is 1. The predicted molar refractivity (Wildman–Crippen MR) is 147 cm³/mol. The predicted octanol–water partition coefficient (Wildman–Crippen LogP) is 3.96. The van der Waals surface area contributed by atoms with E-state index >= 15 is 8.78 Å². The second kappa shape index (κ2) is 11.7. The van der Waals surface area contributed by atoms with Crippen LogP contribution >= 0.6 is 22.9 Å². The molecule has 0 saturated carbocycles. The number of alkyl halides is 2. The van der Waals surface area contributed by atoms with Crippen LogP contribution in [0.5, 0.6) is 0 Å². The first-order chi connectivity index (χ1) is 19.5. The lowest BCUT2D eigenvalue weighted by Crippen LogP contribution is -2.47. The summed E-state index contributed by atoms with van der Waals surface area (Å²) in [6.45, 7) is 2.85. The van der Waals surface area contributed by atoms with Gasteiger partial charge < -0.3 is 15.2 Å². The third-order valence-electron chi connectivity index (χ3n) is 7.61. The minimum absolute atomic E-state index is 0.00987. The number of aliphatic carboxylic acids is 1. The highest BCUT2D eigenvalue weighted by atomic mass is 35.5. The summed E-state index contributed by atoms with van der Waals surface area (Å²) >= 11 is 7.63. The molecule has 3 aliphatic heterocycles. The van der Waals surface area contributed by atoms with Gasteiger partial charge in [0, 0.05) is 48.5 Å². The van der Waals surface area contributed by atoms with Crippen LogP contribution in [-0.4, -0.2) is 88.5 Å². The molecule has 9 nitrogen and oxygen atoms in total. The van der Waals surface area contributed by atoms with Crippen LogP contribution < -0.4 is 5.32 Å². The number of aliphatic imine (C=N–C) groups is 1. The van der Waals surface area contributed by atoms with E-state index in [1.807, 2.05) is 0 Å². The summed E-state index contributed by atoms with van der Waals surface area (Å²) in [5.41, 5.74) is 0.547. The number of nitrogens with one attached hydrogen (secondary N) is 1. The van der Waals surface area contributed by atoms with Gasteiger partial charge in [-0.15, -0.1) is 11.3 Å². The van der Waals surface area contributed by atoms with Crippen LogP contribution in [0.15, 0.2) is 46.0 Å². The molecule has 0 bridgehead atoms. The van der Waals surface area contributed by atoms with Gasteiger partial charge in [-0.1, -0.05) is 30.7 Å². The molecule has 5 rings (SSSR count). The van der Waals surface area contributed by atoms with Crippen LogP contribution in [0.4, 0.5) is 13.2 Å². The Morgan fingerprint density at radius 3 is 2.80 bits per heavy atom. The molecule has 2 aromatic rings. The number of ether oxygens (including phenoxy) is 1. The number of amidine groups is 1. The molecular weight excluding hydrogens is 583 g/mol. The molecule has 2 N–H and O–H groups in total. The van der Waals surface area contributed by atoms with E-state index < -0.39 is 54.3 Å². The number of likely N-dealkylation sites (tertiary alicyclic amines) is 2. The summed E-state index contributed by atoms with van der Waals surface area (Å²) in [6, 6.07) is 1.37. The van der Waals surface area contributed by atoms with Gasteiger partial charge in [0.25, 0.3) is 5.92 Å². The van der Waals surface area contributed by atoms with Crippen molar-refractivity contribution in [3.05, 3.63) is 62.5 Å². The lowest BCUT2D eigenvalue weighted by molar-refractivity contribution is -0.142. The molecule has 0 aliphatic carbocycles. The van der Waals surface area contributed by atoms with E-state index in [2.05, 4.69) is 15.3 Å². The van der Waals surface area contributed by atoms with E-state index in [4.69, 9.17) is 16.3 Å². The van der Waals surface area contributed by atoms with Crippen molar-refractivity contribution < 1.29 is 32.6 Å². The van der Waals surface area contributed by atoms with Crippen LogP contribution in [0.3, 0.4) is 0 Å². The topological polar surface area (TPSA) is 107 Å². The van der Waals surface area contributed by atoms with Gasteiger partial charge in [0.15, 0.2) is 10.8 Å². The smallest absolute Gasteiger partial charge is 0.338 e. The van der Waals surface area contributed by atoms with Crippen LogP contribution in [0.1, 0.15) is 36.9 Å². The Bertz CT molecular complexity index is 1390. The number of carbonyl (C=O) groups excluding carboxylic acids is 1. The van der Waals surface area contributed by atoms with Gasteiger partial charge >= 0.3 is 11.9 Å². The molecule has 0 radical (unpaired) electrons. The van der Waals surface area contributed by atoms with Crippen molar-refractivity contribution in [1.82, 2.24) is 20.1 Å². The average molecular weight is 612 g/mol. The Morgan fingerprint density at radius 2 is 2.12 bits per heavy atom. The number of benzene rings is 1. The molecular formula is C27H29ClF3N5O4S. The van der Waals surface area contributed by atoms with Crippen LogP contribution in [-0.2, 0) is 14.3 Å². The van der Waals surface area contributed by atoms with Gasteiger partial charge in [-0.2, -0.15) is 0 Å². The fourth-order valence-electron chi connectivity index (χ4n) is 5.84. The molecule has 1 aromatic carbocycles. The Hall–Kier alpha value is -3.00. The standard InChI is InChI=1S/C27H29ClF3N5O4S/c1-3-40-26(39)19-17(12-36-13-27(30,31)22-18(36)7-9-35(22)11-14(2)25(37)38)33-23(24-32-8-10-41-24)34-21(19)15-5-4-6-16(29)20(15)28/h4-6,8,10,14,18,21-22H,3,7,9,11-13H2,1-2H3,(H,33,34)(H,37,38)/t14-,18+,21+,22-/m1/s1. The van der Waals surface area contributed by atoms with Crippen molar-refractivity contribution in [3.63, 3.8) is 0 Å². The van der Waals surface area contributed by atoms with Gasteiger partial charge in [-0.05, 0) is 19.4 Å². The molecule has 1 aromatic heterocycles. The highest BCUT2D eigenvalue weighted by Gasteiger charge is 2.59. The molecule has 4 heterocycles. The molecule has 2 fully saturated rings. The van der Waals surface area contributed by atoms with E-state index in [1.54, 1.807) is 34.4 Å². The van der Waals surface area contributed by atoms with Crippen molar-refractivity contribution >= 4 is 40.7 Å². The zero-order valence-electron chi connectivity index (χ0n) is 22.3. The summed E-state index contributed by atoms with van der Waals surface area (Å²) < 4.78 is 50.8. The van der Waals surface area contributed by atoms with Crippen molar-refractivity contribution in [3.8, 4) is 0 Å². The van der Waals surface area contributed by atoms with E-state index in [0.29, 0.717) is 23.8 Å². The molecule has 220 valence electrons. The normalized spacial score (nSPS) is 25.0. The summed E-state index contributed by atoms with van der Waals surface area (Å²) in [6.07, 6.45) is 1.98. The van der Waals surface area contributed by atoms with Gasteiger partial charge in [0.2, 0.25) is 0 Å². The van der Waals surface area contributed by atoms with Gasteiger partial charge in [-0.3, -0.25) is 19.6 Å². The fourth-order valence-corrected chi connectivity index (χ4v) is 6.65. The van der Waals surface area contributed by atoms with Gasteiger partial charge in [0.05, 0.1) is 35.7 Å². The van der Waals surface area contributed by atoms with E-state index in [1.165, 1.54) is 30.4 Å². The fraction of sp³-hybridized carbons (Fsp3) is 0.481. The summed E-state index contributed by atoms with van der Waals surface area (Å²) in [7, 11) is 0. The molecule has 0 amide bonds. The quantitative estimate of drug-likeness (QED) is 0.411. The van der Waals surface area contributed by atoms with Crippen molar-refractivity contribution in [2.24, 2.45) is 10.9 Å². The van der Waals surface area contributed by atoms with Crippen LogP contribution in [0, 0.1) is 11.7 Å². The van der Waals surface area contributed by atoms with E-state index in [-0.39, 0.29) is 41.6 Å². The maximum absolute atomic E-state index is 15.5. The lowest BCUT2D eigenvalue weighted by Gasteiger charge is -2.31. The molecule has 3 aliphatic rings. The highest BCUT2D eigenvalue weighted by molar-refractivity contribution is 7.11. The number of hydrogen-bond acceptors (Lipinski definition) is 9. The maximum atomic E-state index is 15.5. The zero-order valence-corrected chi connectivity index (χ0v) is 23.9. The van der Waals surface area contributed by atoms with E-state index in [0.717, 1.165) is 0 Å². The molecule has 0 unspecified atom stereocenters. The molecule has 2 saturated heterocycles. The van der Waals surface area contributed by atoms with E-state index in [9.17, 15) is 19.1 Å². The first-order valence-corrected chi connectivity index (χ1v) is 14.4. The third-order valence-corrected chi connectivity index (χ3v) is 8.79. The van der Waals surface area contributed by atoms with Crippen molar-refractivity contribution in [2.45, 2.75) is 44.3 Å². The number of rotatable bonds is 9. The number of carbonyl (C=O) groups is 2. The Morgan fingerprint density at radius 1 is 1.34 bits per heavy atom. The number of fused-ring (bicyclic) bond motifs is 1. The van der Waals surface area contributed by atoms with Crippen LogP contribution in [0.2, 0.25) is 5.02 Å². The second-order valence-electron chi connectivity index (χ2n) is 10.3. The van der Waals surface area contributed by atoms with Gasteiger partial charge in [-0.25, -0.2) is 22.9 Å². The lowest BCUT2D eigenvalue weighted by atomic mass is 9.95. The molecule has 4 atom stereocenters. The number of carboxylic acid groups (broad SMARTS) is 1. The van der Waals surface area contributed by atoms with Crippen molar-refractivity contribution in [1.29, 1.82) is 0 Å². The number of thiazole rings is 1. The number of halogens is 4. The number of hydrogen-bond donors (Lipinski definition) is 2. The minimum atomic E-state index is -3.11. The largest absolute Gasteiger partial charge is 0.481 e. The molecule has 41 heavy (non-hydrogen) atoms. The Labute approximate surface area is 243 Å². The Kier molecular flexibility index (Phi) is 8.42. The number of carboxylic acids is 1. The summed E-state index contributed by atoms with van der Waals surface area (Å²) in [5, 5.41) is 14.5. The summed E-state index contributed by atoms with van der Waals surface area (Å²) in [5.74, 6) is -6.09. The average Bonchev–Trinajstić information content (AvgIpc) is 3.65. The first-order valence-electron chi connectivity index (χ1n) is 13.2. The third kappa shape index (κ3) is 5.72. The molecule has 14 heteroatoms. The van der Waals surface area contributed by atoms with Crippen LogP contribution in [0.25, 0.3) is 0 Å². The molecule has 0 spiro atoms. The van der Waals surface area contributed by atoms with Gasteiger partial charge in [0.1, 0.15) is 11.9 Å². The second-order valence-corrected chi connectivity index (χ2v) is 11.6. The summed E-state index contributed by atoms with van der Waals surface area (Å²) in [4.78, 5) is 36.9. The SMILES string of the molecule is CCOC(=O)C1=C(CN2CC(F)(F)[C@H]3[C@@H]2CCN3C[C@@H](C)C(=O)O)NC(c2nccs2)=N[C@H]1c1cccc(F)c1Cl. The first kappa shape index (κ1) is 29.5. The highest BCUT2D eigenvalue weighted by Crippen LogP contribution is 2.43. The van der Waals surface area contributed by atoms with Crippen molar-refractivity contribution in [2.75, 3.05) is 32.8 Å². The Balaban J connectivity index is 1.54. The monoisotopic (exact) mass is 611 g/mol. The number of aromatic nitrogens is 1. The number of nitrogens with zero attached hydrogens (tertiary/aromatic N) is 4.